The highest BCUT2D eigenvalue weighted by atomic mass is 15.3. The SMILES string of the molecule is CNc1nc(C(C)C)nc(NC(C)Cn2cccn2)c1C. The van der Waals surface area contributed by atoms with Crippen molar-refractivity contribution in [2.24, 2.45) is 0 Å². The van der Waals surface area contributed by atoms with E-state index in [0.717, 1.165) is 29.6 Å². The molecule has 0 aromatic carbocycles. The molecule has 0 saturated carbocycles. The van der Waals surface area contributed by atoms with Gasteiger partial charge in [-0.2, -0.15) is 5.10 Å². The van der Waals surface area contributed by atoms with Crippen molar-refractivity contribution < 1.29 is 0 Å². The molecule has 1 atom stereocenters. The van der Waals surface area contributed by atoms with E-state index in [4.69, 9.17) is 0 Å². The van der Waals surface area contributed by atoms with E-state index < -0.39 is 0 Å². The smallest absolute Gasteiger partial charge is 0.135 e. The maximum Gasteiger partial charge on any atom is 0.135 e. The fraction of sp³-hybridized carbons (Fsp3) is 0.533. The molecule has 2 heterocycles. The molecule has 2 N–H and O–H groups in total. The van der Waals surface area contributed by atoms with Crippen molar-refractivity contribution in [2.75, 3.05) is 17.7 Å². The van der Waals surface area contributed by atoms with Crippen LogP contribution in [0.2, 0.25) is 0 Å². The molecule has 0 spiro atoms. The van der Waals surface area contributed by atoms with E-state index in [1.165, 1.54) is 0 Å². The van der Waals surface area contributed by atoms with Crippen LogP contribution in [0.5, 0.6) is 0 Å². The Bertz CT molecular complexity index is 576. The Morgan fingerprint density at radius 2 is 1.90 bits per heavy atom. The van der Waals surface area contributed by atoms with Gasteiger partial charge in [0.25, 0.3) is 0 Å². The Kier molecular flexibility index (Phi) is 4.77. The molecule has 0 aliphatic carbocycles. The molecule has 0 radical (unpaired) electrons. The Balaban J connectivity index is 2.19. The van der Waals surface area contributed by atoms with Gasteiger partial charge in [-0.25, -0.2) is 9.97 Å². The van der Waals surface area contributed by atoms with Crippen molar-refractivity contribution in [3.05, 3.63) is 29.8 Å². The fourth-order valence-electron chi connectivity index (χ4n) is 2.14. The van der Waals surface area contributed by atoms with Crippen molar-refractivity contribution in [1.82, 2.24) is 19.7 Å². The summed E-state index contributed by atoms with van der Waals surface area (Å²) in [4.78, 5) is 9.21. The summed E-state index contributed by atoms with van der Waals surface area (Å²) < 4.78 is 1.91. The highest BCUT2D eigenvalue weighted by Crippen LogP contribution is 2.23. The van der Waals surface area contributed by atoms with E-state index in [0.29, 0.717) is 5.92 Å². The van der Waals surface area contributed by atoms with E-state index >= 15 is 0 Å². The first kappa shape index (κ1) is 15.3. The summed E-state index contributed by atoms with van der Waals surface area (Å²) in [5.74, 6) is 2.90. The molecule has 0 aliphatic rings. The van der Waals surface area contributed by atoms with Crippen LogP contribution in [-0.2, 0) is 6.54 Å². The first-order chi connectivity index (χ1) is 10.0. The molecule has 21 heavy (non-hydrogen) atoms. The van der Waals surface area contributed by atoms with Crippen molar-refractivity contribution in [1.29, 1.82) is 0 Å². The number of anilines is 2. The molecular formula is C15H24N6. The third kappa shape index (κ3) is 3.71. The van der Waals surface area contributed by atoms with E-state index in [1.54, 1.807) is 6.20 Å². The third-order valence-electron chi connectivity index (χ3n) is 3.32. The van der Waals surface area contributed by atoms with E-state index in [1.807, 2.05) is 30.9 Å². The minimum atomic E-state index is 0.225. The van der Waals surface area contributed by atoms with Crippen LogP contribution in [0, 0.1) is 6.92 Å². The van der Waals surface area contributed by atoms with Gasteiger partial charge in [-0.15, -0.1) is 0 Å². The normalized spacial score (nSPS) is 12.5. The zero-order chi connectivity index (χ0) is 15.4. The second-order valence-corrected chi connectivity index (χ2v) is 5.58. The average molecular weight is 288 g/mol. The second-order valence-electron chi connectivity index (χ2n) is 5.58. The van der Waals surface area contributed by atoms with Gasteiger partial charge in [0.05, 0.1) is 6.54 Å². The van der Waals surface area contributed by atoms with E-state index in [9.17, 15) is 0 Å². The summed E-state index contributed by atoms with van der Waals surface area (Å²) in [5, 5.41) is 10.8. The second kappa shape index (κ2) is 6.56. The Morgan fingerprint density at radius 3 is 2.48 bits per heavy atom. The highest BCUT2D eigenvalue weighted by Gasteiger charge is 2.14. The van der Waals surface area contributed by atoms with Gasteiger partial charge in [0, 0.05) is 37.0 Å². The van der Waals surface area contributed by atoms with Gasteiger partial charge in [-0.1, -0.05) is 13.8 Å². The van der Waals surface area contributed by atoms with Gasteiger partial charge in [0.2, 0.25) is 0 Å². The van der Waals surface area contributed by atoms with Crippen LogP contribution >= 0.6 is 0 Å². The Labute approximate surface area is 126 Å². The molecule has 2 aromatic heterocycles. The summed E-state index contributed by atoms with van der Waals surface area (Å²) in [6, 6.07) is 2.15. The molecule has 2 aromatic rings. The van der Waals surface area contributed by atoms with Crippen LogP contribution in [0.3, 0.4) is 0 Å². The van der Waals surface area contributed by atoms with Crippen LogP contribution in [-0.4, -0.2) is 32.8 Å². The molecule has 6 heteroatoms. The Morgan fingerprint density at radius 1 is 1.19 bits per heavy atom. The van der Waals surface area contributed by atoms with Crippen LogP contribution in [0.4, 0.5) is 11.6 Å². The zero-order valence-corrected chi connectivity index (χ0v) is 13.4. The topological polar surface area (TPSA) is 67.7 Å². The van der Waals surface area contributed by atoms with Crippen molar-refractivity contribution in [3.8, 4) is 0 Å². The summed E-state index contributed by atoms with van der Waals surface area (Å²) in [5.41, 5.74) is 1.04. The summed E-state index contributed by atoms with van der Waals surface area (Å²) >= 11 is 0. The van der Waals surface area contributed by atoms with Gasteiger partial charge in [0.1, 0.15) is 17.5 Å². The molecule has 0 bridgehead atoms. The van der Waals surface area contributed by atoms with Gasteiger partial charge in [-0.05, 0) is 19.9 Å². The molecular weight excluding hydrogens is 264 g/mol. The lowest BCUT2D eigenvalue weighted by molar-refractivity contribution is 0.559. The number of hydrogen-bond acceptors (Lipinski definition) is 5. The average Bonchev–Trinajstić information content (AvgIpc) is 2.93. The van der Waals surface area contributed by atoms with Crippen LogP contribution < -0.4 is 10.6 Å². The quantitative estimate of drug-likeness (QED) is 0.855. The van der Waals surface area contributed by atoms with E-state index in [2.05, 4.69) is 46.5 Å². The highest BCUT2D eigenvalue weighted by molar-refractivity contribution is 5.57. The molecule has 0 fully saturated rings. The first-order valence-electron chi connectivity index (χ1n) is 7.31. The molecule has 0 saturated heterocycles. The zero-order valence-electron chi connectivity index (χ0n) is 13.4. The maximum atomic E-state index is 4.66. The monoisotopic (exact) mass is 288 g/mol. The summed E-state index contributed by atoms with van der Waals surface area (Å²) in [6.07, 6.45) is 3.75. The van der Waals surface area contributed by atoms with Crippen molar-refractivity contribution in [2.45, 2.75) is 46.2 Å². The molecule has 0 amide bonds. The molecule has 1 unspecified atom stereocenters. The lowest BCUT2D eigenvalue weighted by Gasteiger charge is -2.19. The fourth-order valence-corrected chi connectivity index (χ4v) is 2.14. The molecule has 6 nitrogen and oxygen atoms in total. The van der Waals surface area contributed by atoms with Crippen LogP contribution in [0.1, 0.15) is 38.1 Å². The Hall–Kier alpha value is -2.11. The molecule has 114 valence electrons. The van der Waals surface area contributed by atoms with Gasteiger partial charge >= 0.3 is 0 Å². The lowest BCUT2D eigenvalue weighted by Crippen LogP contribution is -2.24. The maximum absolute atomic E-state index is 4.66. The number of aromatic nitrogens is 4. The van der Waals surface area contributed by atoms with Crippen molar-refractivity contribution in [3.63, 3.8) is 0 Å². The van der Waals surface area contributed by atoms with Crippen LogP contribution in [0.15, 0.2) is 18.5 Å². The summed E-state index contributed by atoms with van der Waals surface area (Å²) in [7, 11) is 1.89. The minimum Gasteiger partial charge on any atom is -0.373 e. The van der Waals surface area contributed by atoms with E-state index in [-0.39, 0.29) is 6.04 Å². The first-order valence-corrected chi connectivity index (χ1v) is 7.31. The minimum absolute atomic E-state index is 0.225. The third-order valence-corrected chi connectivity index (χ3v) is 3.32. The van der Waals surface area contributed by atoms with Gasteiger partial charge in [-0.3, -0.25) is 4.68 Å². The summed E-state index contributed by atoms with van der Waals surface area (Å²) in [6.45, 7) is 9.14. The largest absolute Gasteiger partial charge is 0.373 e. The van der Waals surface area contributed by atoms with Crippen molar-refractivity contribution >= 4 is 11.6 Å². The standard InChI is InChI=1S/C15H24N6/c1-10(2)13-19-14(16-5)12(4)15(20-13)18-11(3)9-21-8-6-7-17-21/h6-8,10-11H,9H2,1-5H3,(H2,16,18,19,20). The predicted molar refractivity (Wildman–Crippen MR) is 85.7 cm³/mol. The number of hydrogen-bond donors (Lipinski definition) is 2. The van der Waals surface area contributed by atoms with Gasteiger partial charge in [0.15, 0.2) is 0 Å². The molecule has 2 rings (SSSR count). The predicted octanol–water partition coefficient (Wildman–Crippen LogP) is 2.65. The molecule has 0 aliphatic heterocycles. The number of nitrogens with one attached hydrogen (secondary N) is 2. The lowest BCUT2D eigenvalue weighted by atomic mass is 10.2. The van der Waals surface area contributed by atoms with Crippen LogP contribution in [0.25, 0.3) is 0 Å². The number of nitrogens with zero attached hydrogens (tertiary/aromatic N) is 4. The van der Waals surface area contributed by atoms with Gasteiger partial charge < -0.3 is 10.6 Å². The number of rotatable bonds is 6.